The molecule has 1 fully saturated rings. The van der Waals surface area contributed by atoms with Crippen molar-refractivity contribution in [2.45, 2.75) is 77.9 Å². The van der Waals surface area contributed by atoms with Crippen LogP contribution in [0.2, 0.25) is 0 Å². The Morgan fingerprint density at radius 2 is 2.00 bits per heavy atom. The lowest BCUT2D eigenvalue weighted by Crippen LogP contribution is -2.45. The van der Waals surface area contributed by atoms with E-state index >= 15 is 0 Å². The molecule has 0 saturated carbocycles. The fourth-order valence-electron chi connectivity index (χ4n) is 2.86. The van der Waals surface area contributed by atoms with Crippen LogP contribution in [0.1, 0.15) is 71.2 Å². The van der Waals surface area contributed by atoms with Crippen LogP contribution < -0.4 is 5.32 Å². The number of nitrogens with one attached hydrogen (secondary N) is 1. The molecular formula is C17H28N4O3S. The Labute approximate surface area is 153 Å². The Balaban J connectivity index is 2.01. The minimum atomic E-state index is -0.579. The number of anilines is 1. The zero-order valence-corrected chi connectivity index (χ0v) is 16.5. The van der Waals surface area contributed by atoms with Crippen LogP contribution in [0.5, 0.6) is 0 Å². The minimum Gasteiger partial charge on any atom is -0.444 e. The van der Waals surface area contributed by atoms with Crippen molar-refractivity contribution in [3.63, 3.8) is 0 Å². The van der Waals surface area contributed by atoms with Gasteiger partial charge in [-0.15, -0.1) is 10.2 Å². The number of carbonyl (C=O) groups excluding carboxylic acids is 2. The molecule has 1 unspecified atom stereocenters. The normalized spacial score (nSPS) is 17.8. The second kappa shape index (κ2) is 8.12. The lowest BCUT2D eigenvalue weighted by molar-refractivity contribution is -0.120. The van der Waals surface area contributed by atoms with E-state index < -0.39 is 17.7 Å². The molecule has 1 aromatic rings. The summed E-state index contributed by atoms with van der Waals surface area (Å²) >= 11 is 1.41. The fourth-order valence-corrected chi connectivity index (χ4v) is 3.87. The highest BCUT2D eigenvalue weighted by atomic mass is 32.1. The van der Waals surface area contributed by atoms with Crippen LogP contribution >= 0.6 is 11.3 Å². The highest BCUT2D eigenvalue weighted by molar-refractivity contribution is 7.15. The van der Waals surface area contributed by atoms with Crippen LogP contribution in [-0.4, -0.2) is 45.3 Å². The molecule has 0 bridgehead atoms. The summed E-state index contributed by atoms with van der Waals surface area (Å²) in [7, 11) is 0. The lowest BCUT2D eigenvalue weighted by atomic mass is 10.1. The summed E-state index contributed by atoms with van der Waals surface area (Å²) in [6.07, 6.45) is 2.96. The van der Waals surface area contributed by atoms with Gasteiger partial charge in [-0.05, 0) is 46.5 Å². The Morgan fingerprint density at radius 3 is 2.60 bits per heavy atom. The first-order valence-corrected chi connectivity index (χ1v) is 9.70. The number of likely N-dealkylation sites (tertiary alicyclic amines) is 1. The van der Waals surface area contributed by atoms with Gasteiger partial charge in [0.2, 0.25) is 11.0 Å². The molecule has 1 N–H and O–H groups in total. The van der Waals surface area contributed by atoms with E-state index in [1.807, 2.05) is 20.8 Å². The summed E-state index contributed by atoms with van der Waals surface area (Å²) in [5, 5.41) is 12.5. The van der Waals surface area contributed by atoms with E-state index in [9.17, 15) is 9.59 Å². The molecular weight excluding hydrogens is 340 g/mol. The molecule has 140 valence electrons. The second-order valence-electron chi connectivity index (χ2n) is 7.28. The number of nitrogens with zero attached hydrogens (tertiary/aromatic N) is 3. The summed E-state index contributed by atoms with van der Waals surface area (Å²) in [5.41, 5.74) is -0.579. The maximum atomic E-state index is 12.6. The monoisotopic (exact) mass is 368 g/mol. The van der Waals surface area contributed by atoms with Gasteiger partial charge in [-0.2, -0.15) is 0 Å². The SMILES string of the molecule is CCC(CC)c1nnc(NC(=O)C2CCCN2C(=O)OC(C)(C)C)s1. The van der Waals surface area contributed by atoms with Gasteiger partial charge in [-0.3, -0.25) is 15.0 Å². The van der Waals surface area contributed by atoms with Gasteiger partial charge in [-0.1, -0.05) is 25.2 Å². The summed E-state index contributed by atoms with van der Waals surface area (Å²) in [4.78, 5) is 26.4. The van der Waals surface area contributed by atoms with Crippen molar-refractivity contribution in [3.05, 3.63) is 5.01 Å². The average Bonchev–Trinajstić information content (AvgIpc) is 3.16. The Hall–Kier alpha value is -1.70. The Kier molecular flexibility index (Phi) is 6.37. The third kappa shape index (κ3) is 5.14. The molecule has 1 aromatic heterocycles. The summed E-state index contributed by atoms with van der Waals surface area (Å²) in [6.45, 7) is 10.2. The van der Waals surface area contributed by atoms with Gasteiger partial charge < -0.3 is 4.74 Å². The largest absolute Gasteiger partial charge is 0.444 e. The van der Waals surface area contributed by atoms with Gasteiger partial charge in [-0.25, -0.2) is 4.79 Å². The van der Waals surface area contributed by atoms with Gasteiger partial charge in [0.15, 0.2) is 0 Å². The highest BCUT2D eigenvalue weighted by Crippen LogP contribution is 2.29. The van der Waals surface area contributed by atoms with Crippen molar-refractivity contribution in [2.75, 3.05) is 11.9 Å². The van der Waals surface area contributed by atoms with Crippen LogP contribution in [0.15, 0.2) is 0 Å². The first-order chi connectivity index (χ1) is 11.7. The topological polar surface area (TPSA) is 84.4 Å². The van der Waals surface area contributed by atoms with Crippen molar-refractivity contribution in [3.8, 4) is 0 Å². The molecule has 1 atom stereocenters. The lowest BCUT2D eigenvalue weighted by Gasteiger charge is -2.27. The molecule has 1 aliphatic heterocycles. The smallest absolute Gasteiger partial charge is 0.410 e. The summed E-state index contributed by atoms with van der Waals surface area (Å²) in [6, 6.07) is -0.518. The molecule has 25 heavy (non-hydrogen) atoms. The van der Waals surface area contributed by atoms with Gasteiger partial charge >= 0.3 is 6.09 Å². The number of hydrogen-bond acceptors (Lipinski definition) is 6. The quantitative estimate of drug-likeness (QED) is 0.855. The van der Waals surface area contributed by atoms with E-state index in [-0.39, 0.29) is 5.91 Å². The maximum Gasteiger partial charge on any atom is 0.410 e. The van der Waals surface area contributed by atoms with E-state index in [0.29, 0.717) is 24.0 Å². The van der Waals surface area contributed by atoms with E-state index in [2.05, 4.69) is 29.4 Å². The molecule has 2 amide bonds. The predicted molar refractivity (Wildman–Crippen MR) is 97.8 cm³/mol. The highest BCUT2D eigenvalue weighted by Gasteiger charge is 2.37. The van der Waals surface area contributed by atoms with Crippen LogP contribution in [0, 0.1) is 0 Å². The van der Waals surface area contributed by atoms with Crippen LogP contribution in [0.3, 0.4) is 0 Å². The van der Waals surface area contributed by atoms with E-state index in [0.717, 1.165) is 24.3 Å². The third-order valence-corrected chi connectivity index (χ3v) is 5.19. The third-order valence-electron chi connectivity index (χ3n) is 4.19. The number of hydrogen-bond donors (Lipinski definition) is 1. The zero-order chi connectivity index (χ0) is 18.6. The molecule has 0 radical (unpaired) electrons. The van der Waals surface area contributed by atoms with Crippen LogP contribution in [0.25, 0.3) is 0 Å². The second-order valence-corrected chi connectivity index (χ2v) is 8.29. The molecule has 0 aliphatic carbocycles. The fraction of sp³-hybridized carbons (Fsp3) is 0.765. The first kappa shape index (κ1) is 19.6. The van der Waals surface area contributed by atoms with Crippen molar-refractivity contribution < 1.29 is 14.3 Å². The van der Waals surface area contributed by atoms with Gasteiger partial charge in [0.05, 0.1) is 0 Å². The Bertz CT molecular complexity index is 607. The predicted octanol–water partition coefficient (Wildman–Crippen LogP) is 3.78. The minimum absolute atomic E-state index is 0.226. The number of ether oxygens (including phenoxy) is 1. The molecule has 0 aromatic carbocycles. The molecule has 1 saturated heterocycles. The van der Waals surface area contributed by atoms with Gasteiger partial charge in [0, 0.05) is 12.5 Å². The molecule has 2 heterocycles. The first-order valence-electron chi connectivity index (χ1n) is 8.89. The maximum absolute atomic E-state index is 12.6. The standard InChI is InChI=1S/C17H28N4O3S/c1-6-11(7-2)14-19-20-15(25-14)18-13(22)12-9-8-10-21(12)16(23)24-17(3,4)5/h11-12H,6-10H2,1-5H3,(H,18,20,22). The molecule has 0 spiro atoms. The molecule has 1 aliphatic rings. The number of carbonyl (C=O) groups is 2. The van der Waals surface area contributed by atoms with Gasteiger partial charge in [0.25, 0.3) is 0 Å². The van der Waals surface area contributed by atoms with Gasteiger partial charge in [0.1, 0.15) is 16.7 Å². The average molecular weight is 369 g/mol. The van der Waals surface area contributed by atoms with E-state index in [1.54, 1.807) is 0 Å². The summed E-state index contributed by atoms with van der Waals surface area (Å²) < 4.78 is 5.40. The van der Waals surface area contributed by atoms with E-state index in [4.69, 9.17) is 4.74 Å². The Morgan fingerprint density at radius 1 is 1.32 bits per heavy atom. The van der Waals surface area contributed by atoms with Crippen molar-refractivity contribution in [1.29, 1.82) is 0 Å². The summed E-state index contributed by atoms with van der Waals surface area (Å²) in [5.74, 6) is 0.142. The van der Waals surface area contributed by atoms with Crippen molar-refractivity contribution in [1.82, 2.24) is 15.1 Å². The number of amides is 2. The molecule has 7 nitrogen and oxygen atoms in total. The number of aromatic nitrogens is 2. The molecule has 2 rings (SSSR count). The van der Waals surface area contributed by atoms with Crippen molar-refractivity contribution >= 4 is 28.5 Å². The zero-order valence-electron chi connectivity index (χ0n) is 15.7. The van der Waals surface area contributed by atoms with Crippen molar-refractivity contribution in [2.24, 2.45) is 0 Å². The van der Waals surface area contributed by atoms with Crippen LogP contribution in [0.4, 0.5) is 9.93 Å². The van der Waals surface area contributed by atoms with Crippen LogP contribution in [-0.2, 0) is 9.53 Å². The molecule has 8 heteroatoms. The number of rotatable bonds is 5. The van der Waals surface area contributed by atoms with E-state index in [1.165, 1.54) is 16.2 Å².